The molecular formula is C27H30N4O5. The molecule has 0 spiro atoms. The summed E-state index contributed by atoms with van der Waals surface area (Å²) < 4.78 is 5.24. The molecule has 9 heteroatoms. The lowest BCUT2D eigenvalue weighted by Gasteiger charge is -2.29. The van der Waals surface area contributed by atoms with E-state index in [1.165, 1.54) is 0 Å². The van der Waals surface area contributed by atoms with E-state index in [4.69, 9.17) is 4.74 Å². The topological polar surface area (TPSA) is 129 Å². The Bertz CT molecular complexity index is 1270. The van der Waals surface area contributed by atoms with Crippen LogP contribution in [0, 0.1) is 5.92 Å². The van der Waals surface area contributed by atoms with Crippen LogP contribution in [0.5, 0.6) is 5.75 Å². The lowest BCUT2D eigenvalue weighted by atomic mass is 9.88. The van der Waals surface area contributed by atoms with Gasteiger partial charge >= 0.3 is 0 Å². The van der Waals surface area contributed by atoms with E-state index in [-0.39, 0.29) is 24.7 Å². The second-order valence-electron chi connectivity index (χ2n) is 9.36. The van der Waals surface area contributed by atoms with Crippen LogP contribution in [0.15, 0.2) is 54.6 Å². The van der Waals surface area contributed by atoms with Crippen LogP contribution in [-0.2, 0) is 20.8 Å². The summed E-state index contributed by atoms with van der Waals surface area (Å²) in [6.45, 7) is 2.14. The van der Waals surface area contributed by atoms with Gasteiger partial charge in [-0.1, -0.05) is 30.3 Å². The fraction of sp³-hybridized carbons (Fsp3) is 0.333. The number of carbonyl (C=O) groups excluding carboxylic acids is 4. The van der Waals surface area contributed by atoms with Gasteiger partial charge in [-0.05, 0) is 49.6 Å². The molecule has 188 valence electrons. The minimum absolute atomic E-state index is 0.123. The zero-order valence-corrected chi connectivity index (χ0v) is 20.3. The van der Waals surface area contributed by atoms with Gasteiger partial charge in [0.1, 0.15) is 23.8 Å². The Balaban J connectivity index is 1.54. The number of hydrogen-bond donors (Lipinski definition) is 4. The van der Waals surface area contributed by atoms with Crippen molar-refractivity contribution >= 4 is 34.9 Å². The quantitative estimate of drug-likeness (QED) is 0.324. The largest absolute Gasteiger partial charge is 0.497 e. The lowest BCUT2D eigenvalue weighted by Crippen LogP contribution is -2.56. The maximum atomic E-state index is 13.4. The minimum atomic E-state index is -1.25. The third-order valence-corrected chi connectivity index (χ3v) is 6.48. The summed E-state index contributed by atoms with van der Waals surface area (Å²) in [4.78, 5) is 53.6. The Morgan fingerprint density at radius 3 is 2.64 bits per heavy atom. The minimum Gasteiger partial charge on any atom is -0.497 e. The number of amides is 3. The highest BCUT2D eigenvalue weighted by atomic mass is 16.5. The summed E-state index contributed by atoms with van der Waals surface area (Å²) in [5, 5.41) is 9.14. The normalized spacial score (nSPS) is 17.6. The van der Waals surface area contributed by atoms with Gasteiger partial charge in [0, 0.05) is 29.8 Å². The molecule has 1 aromatic heterocycles. The number of aromatic amines is 1. The Labute approximate surface area is 209 Å². The van der Waals surface area contributed by atoms with Crippen LogP contribution in [-0.4, -0.2) is 54.2 Å². The summed E-state index contributed by atoms with van der Waals surface area (Å²) >= 11 is 0. The van der Waals surface area contributed by atoms with Crippen LogP contribution in [0.25, 0.3) is 10.9 Å². The first-order valence-electron chi connectivity index (χ1n) is 11.9. The molecule has 1 saturated heterocycles. The predicted octanol–water partition coefficient (Wildman–Crippen LogP) is 2.12. The Morgan fingerprint density at radius 1 is 1.19 bits per heavy atom. The van der Waals surface area contributed by atoms with Crippen molar-refractivity contribution in [2.75, 3.05) is 13.7 Å². The Kier molecular flexibility index (Phi) is 7.38. The van der Waals surface area contributed by atoms with Crippen LogP contribution >= 0.6 is 0 Å². The number of fused-ring (bicyclic) bond motifs is 1. The van der Waals surface area contributed by atoms with E-state index in [9.17, 15) is 19.2 Å². The maximum absolute atomic E-state index is 13.4. The first kappa shape index (κ1) is 25.0. The molecule has 1 fully saturated rings. The highest BCUT2D eigenvalue weighted by molar-refractivity contribution is 6.00. The van der Waals surface area contributed by atoms with Gasteiger partial charge in [0.15, 0.2) is 0 Å². The van der Waals surface area contributed by atoms with E-state index in [0.29, 0.717) is 30.7 Å². The summed E-state index contributed by atoms with van der Waals surface area (Å²) in [6, 6.07) is 15.5. The second kappa shape index (κ2) is 10.6. The van der Waals surface area contributed by atoms with E-state index < -0.39 is 23.4 Å². The number of benzene rings is 2. The van der Waals surface area contributed by atoms with Gasteiger partial charge in [-0.2, -0.15) is 0 Å². The molecule has 1 unspecified atom stereocenters. The summed E-state index contributed by atoms with van der Waals surface area (Å²) in [5.74, 6) is -0.769. The lowest BCUT2D eigenvalue weighted by molar-refractivity contribution is -0.129. The molecule has 4 N–H and O–H groups in total. The number of ether oxygens (including phenoxy) is 1. The van der Waals surface area contributed by atoms with Gasteiger partial charge in [0.25, 0.3) is 5.91 Å². The molecule has 0 aliphatic carbocycles. The Morgan fingerprint density at radius 2 is 1.97 bits per heavy atom. The summed E-state index contributed by atoms with van der Waals surface area (Å²) in [7, 11) is 1.57. The van der Waals surface area contributed by atoms with Gasteiger partial charge in [0.2, 0.25) is 11.8 Å². The van der Waals surface area contributed by atoms with Crippen molar-refractivity contribution in [1.29, 1.82) is 0 Å². The van der Waals surface area contributed by atoms with Crippen molar-refractivity contribution in [3.8, 4) is 5.75 Å². The van der Waals surface area contributed by atoms with Crippen molar-refractivity contribution in [2.45, 2.75) is 37.8 Å². The molecule has 2 aromatic carbocycles. The molecule has 0 saturated carbocycles. The van der Waals surface area contributed by atoms with E-state index in [1.807, 2.05) is 42.5 Å². The van der Waals surface area contributed by atoms with Crippen molar-refractivity contribution < 1.29 is 23.9 Å². The van der Waals surface area contributed by atoms with Crippen LogP contribution in [0.4, 0.5) is 0 Å². The van der Waals surface area contributed by atoms with Crippen molar-refractivity contribution in [3.05, 3.63) is 65.9 Å². The number of carbonyl (C=O) groups is 4. The molecule has 3 atom stereocenters. The molecule has 36 heavy (non-hydrogen) atoms. The first-order valence-corrected chi connectivity index (χ1v) is 11.9. The molecule has 1 aliphatic heterocycles. The van der Waals surface area contributed by atoms with Crippen LogP contribution in [0.3, 0.4) is 0 Å². The fourth-order valence-corrected chi connectivity index (χ4v) is 4.50. The van der Waals surface area contributed by atoms with Crippen molar-refractivity contribution in [3.63, 3.8) is 0 Å². The third-order valence-electron chi connectivity index (χ3n) is 6.48. The average Bonchev–Trinajstić information content (AvgIpc) is 3.49. The van der Waals surface area contributed by atoms with E-state index in [1.54, 1.807) is 26.2 Å². The Hall–Kier alpha value is -4.14. The molecule has 9 nitrogen and oxygen atoms in total. The number of H-pyrrole nitrogens is 1. The first-order chi connectivity index (χ1) is 17.3. The molecule has 3 amide bonds. The van der Waals surface area contributed by atoms with E-state index >= 15 is 0 Å². The van der Waals surface area contributed by atoms with Crippen LogP contribution < -0.4 is 20.7 Å². The number of hydrogen-bond acceptors (Lipinski definition) is 5. The predicted molar refractivity (Wildman–Crippen MR) is 135 cm³/mol. The molecule has 3 aromatic rings. The SMILES string of the molecule is COc1ccc2[nH]c(C(=O)N[C@@H](Cc3ccccc3)C(=O)NC(C)(C=O)C[C@@H]3CCNC3=O)cc2c1. The average molecular weight is 491 g/mol. The monoisotopic (exact) mass is 490 g/mol. The smallest absolute Gasteiger partial charge is 0.268 e. The highest BCUT2D eigenvalue weighted by Gasteiger charge is 2.36. The summed E-state index contributed by atoms with van der Waals surface area (Å²) in [5.41, 5.74) is 0.654. The molecule has 0 bridgehead atoms. The number of nitrogens with one attached hydrogen (secondary N) is 4. The molecular weight excluding hydrogens is 460 g/mol. The van der Waals surface area contributed by atoms with Gasteiger partial charge < -0.3 is 30.5 Å². The number of aromatic nitrogens is 1. The highest BCUT2D eigenvalue weighted by Crippen LogP contribution is 2.23. The van der Waals surface area contributed by atoms with Crippen molar-refractivity contribution in [1.82, 2.24) is 20.9 Å². The number of aldehydes is 1. The number of methoxy groups -OCH3 is 1. The number of rotatable bonds is 10. The van der Waals surface area contributed by atoms with Gasteiger partial charge in [0.05, 0.1) is 12.6 Å². The third kappa shape index (κ3) is 5.73. The molecule has 2 heterocycles. The second-order valence-corrected chi connectivity index (χ2v) is 9.36. The van der Waals surface area contributed by atoms with Crippen LogP contribution in [0.2, 0.25) is 0 Å². The van der Waals surface area contributed by atoms with E-state index in [2.05, 4.69) is 20.9 Å². The van der Waals surface area contributed by atoms with Gasteiger partial charge in [-0.3, -0.25) is 14.4 Å². The van der Waals surface area contributed by atoms with Crippen LogP contribution in [0.1, 0.15) is 35.8 Å². The maximum Gasteiger partial charge on any atom is 0.268 e. The zero-order chi connectivity index (χ0) is 25.7. The standard InChI is InChI=1S/C27H30N4O5/c1-27(16-32,15-18-10-11-28-24(18)33)31-26(35)22(12-17-6-4-3-5-7-17)30-25(34)23-14-19-13-20(36-2)8-9-21(19)29-23/h3-9,13-14,16,18,22,29H,10-12,15H2,1-2H3,(H,28,33)(H,30,34)(H,31,35)/t18-,22-,27?/m0/s1. The molecule has 1 aliphatic rings. The zero-order valence-electron chi connectivity index (χ0n) is 20.3. The van der Waals surface area contributed by atoms with E-state index in [0.717, 1.165) is 16.5 Å². The fourth-order valence-electron chi connectivity index (χ4n) is 4.50. The summed E-state index contributed by atoms with van der Waals surface area (Å²) in [6.07, 6.45) is 1.67. The van der Waals surface area contributed by atoms with Gasteiger partial charge in [-0.15, -0.1) is 0 Å². The molecule has 0 radical (unpaired) electrons. The molecule has 4 rings (SSSR count). The van der Waals surface area contributed by atoms with Crippen molar-refractivity contribution in [2.24, 2.45) is 5.92 Å². The van der Waals surface area contributed by atoms with Gasteiger partial charge in [-0.25, -0.2) is 0 Å².